The fraction of sp³-hybridized carbons (Fsp3) is 0.857. The summed E-state index contributed by atoms with van der Waals surface area (Å²) >= 11 is 0. The monoisotopic (exact) mass is 239 g/mol. The lowest BCUT2D eigenvalue weighted by atomic mass is 9.99. The second-order valence-electron chi connectivity index (χ2n) is 6.23. The predicted octanol–water partition coefficient (Wildman–Crippen LogP) is 1.57. The predicted molar refractivity (Wildman–Crippen MR) is 75.4 cm³/mol. The van der Waals surface area contributed by atoms with Crippen molar-refractivity contribution < 1.29 is 0 Å². The van der Waals surface area contributed by atoms with E-state index >= 15 is 0 Å². The van der Waals surface area contributed by atoms with Crippen LogP contribution in [0.1, 0.15) is 27.7 Å². The maximum absolute atomic E-state index is 4.17. The Kier molecular flexibility index (Phi) is 5.17. The minimum Gasteiger partial charge on any atom is -0.311 e. The van der Waals surface area contributed by atoms with Gasteiger partial charge in [0.1, 0.15) is 0 Å². The van der Waals surface area contributed by atoms with Gasteiger partial charge < -0.3 is 5.32 Å². The molecule has 0 radical (unpaired) electrons. The van der Waals surface area contributed by atoms with Gasteiger partial charge >= 0.3 is 0 Å². The van der Waals surface area contributed by atoms with Gasteiger partial charge in [-0.2, -0.15) is 0 Å². The Labute approximate surface area is 107 Å². The van der Waals surface area contributed by atoms with Crippen molar-refractivity contribution in [2.24, 2.45) is 0 Å². The average molecular weight is 239 g/mol. The number of nitrogens with zero attached hydrogens (tertiary/aromatic N) is 2. The summed E-state index contributed by atoms with van der Waals surface area (Å²) in [5, 5.41) is 3.43. The van der Waals surface area contributed by atoms with Gasteiger partial charge in [0.15, 0.2) is 0 Å². The van der Waals surface area contributed by atoms with E-state index in [0.717, 1.165) is 32.7 Å². The van der Waals surface area contributed by atoms with Gasteiger partial charge in [-0.05, 0) is 26.5 Å². The summed E-state index contributed by atoms with van der Waals surface area (Å²) in [6.45, 7) is 18.5. The maximum atomic E-state index is 4.17. The Morgan fingerprint density at radius 2 is 2.00 bits per heavy atom. The number of likely N-dealkylation sites (N-methyl/N-ethyl adjacent to an activating group) is 1. The van der Waals surface area contributed by atoms with Crippen LogP contribution >= 0.6 is 0 Å². The van der Waals surface area contributed by atoms with E-state index in [0.29, 0.717) is 6.04 Å². The van der Waals surface area contributed by atoms with Crippen LogP contribution in [0.3, 0.4) is 0 Å². The molecule has 17 heavy (non-hydrogen) atoms. The van der Waals surface area contributed by atoms with Crippen LogP contribution in [-0.2, 0) is 0 Å². The number of nitrogens with one attached hydrogen (secondary N) is 1. The normalized spacial score (nSPS) is 22.0. The molecular formula is C14H29N3. The Balaban J connectivity index is 2.35. The second-order valence-corrected chi connectivity index (χ2v) is 6.23. The van der Waals surface area contributed by atoms with E-state index in [-0.39, 0.29) is 5.54 Å². The van der Waals surface area contributed by atoms with E-state index in [1.165, 1.54) is 5.57 Å². The van der Waals surface area contributed by atoms with Gasteiger partial charge in [-0.3, -0.25) is 9.80 Å². The molecule has 1 aliphatic rings. The van der Waals surface area contributed by atoms with Crippen LogP contribution in [0.4, 0.5) is 0 Å². The zero-order valence-electron chi connectivity index (χ0n) is 12.2. The van der Waals surface area contributed by atoms with Crippen molar-refractivity contribution in [2.75, 3.05) is 39.8 Å². The summed E-state index contributed by atoms with van der Waals surface area (Å²) in [7, 11) is 2.21. The van der Waals surface area contributed by atoms with E-state index in [4.69, 9.17) is 0 Å². The van der Waals surface area contributed by atoms with Crippen molar-refractivity contribution in [3.8, 4) is 0 Å². The van der Waals surface area contributed by atoms with Crippen LogP contribution in [0, 0.1) is 0 Å². The van der Waals surface area contributed by atoms with Crippen molar-refractivity contribution in [1.29, 1.82) is 0 Å². The maximum Gasteiger partial charge on any atom is 0.0277 e. The van der Waals surface area contributed by atoms with E-state index < -0.39 is 0 Å². The summed E-state index contributed by atoms with van der Waals surface area (Å²) in [5.41, 5.74) is 1.57. The van der Waals surface area contributed by atoms with Crippen molar-refractivity contribution in [1.82, 2.24) is 15.1 Å². The van der Waals surface area contributed by atoms with E-state index in [9.17, 15) is 0 Å². The molecule has 0 amide bonds. The first-order valence-corrected chi connectivity index (χ1v) is 6.65. The highest BCUT2D eigenvalue weighted by atomic mass is 15.3. The van der Waals surface area contributed by atoms with Crippen molar-refractivity contribution in [3.63, 3.8) is 0 Å². The van der Waals surface area contributed by atoms with Gasteiger partial charge in [0.05, 0.1) is 0 Å². The van der Waals surface area contributed by atoms with Crippen molar-refractivity contribution in [2.45, 2.75) is 39.3 Å². The van der Waals surface area contributed by atoms with Crippen LogP contribution in [0.5, 0.6) is 0 Å². The van der Waals surface area contributed by atoms with E-state index in [2.05, 4.69) is 56.4 Å². The van der Waals surface area contributed by atoms with E-state index in [1.807, 2.05) is 0 Å². The summed E-state index contributed by atoms with van der Waals surface area (Å²) in [6, 6.07) is 0.538. The molecule has 1 rings (SSSR count). The molecule has 1 fully saturated rings. The third-order valence-corrected chi connectivity index (χ3v) is 3.60. The lowest BCUT2D eigenvalue weighted by Gasteiger charge is -2.45. The topological polar surface area (TPSA) is 18.5 Å². The second kappa shape index (κ2) is 5.98. The van der Waals surface area contributed by atoms with E-state index in [1.54, 1.807) is 0 Å². The Bertz CT molecular complexity index is 258. The Morgan fingerprint density at radius 1 is 1.35 bits per heavy atom. The molecule has 0 unspecified atom stereocenters. The first kappa shape index (κ1) is 14.7. The molecule has 0 aliphatic carbocycles. The van der Waals surface area contributed by atoms with Crippen molar-refractivity contribution in [3.05, 3.63) is 12.2 Å². The van der Waals surface area contributed by atoms with Crippen LogP contribution in [0.15, 0.2) is 12.2 Å². The molecule has 0 bridgehead atoms. The molecule has 100 valence electrons. The lowest BCUT2D eigenvalue weighted by Crippen LogP contribution is -2.57. The first-order chi connectivity index (χ1) is 7.81. The third kappa shape index (κ3) is 4.78. The molecule has 1 heterocycles. The number of hydrogen-bond donors (Lipinski definition) is 1. The molecule has 1 N–H and O–H groups in total. The summed E-state index contributed by atoms with van der Waals surface area (Å²) < 4.78 is 0. The standard InChI is InChI=1S/C14H29N3/c1-12(2)15-9-13(3)10-17-8-7-16(6)14(4,5)11-17/h12,15H,3,7-11H2,1-2,4-6H3. The molecule has 0 saturated carbocycles. The summed E-state index contributed by atoms with van der Waals surface area (Å²) in [5.74, 6) is 0. The van der Waals surface area contributed by atoms with Crippen LogP contribution in [0.25, 0.3) is 0 Å². The van der Waals surface area contributed by atoms with Gasteiger partial charge in [0.25, 0.3) is 0 Å². The first-order valence-electron chi connectivity index (χ1n) is 6.65. The molecule has 0 spiro atoms. The fourth-order valence-corrected chi connectivity index (χ4v) is 2.20. The Hall–Kier alpha value is -0.380. The highest BCUT2D eigenvalue weighted by Crippen LogP contribution is 2.19. The highest BCUT2D eigenvalue weighted by molar-refractivity contribution is 5.02. The fourth-order valence-electron chi connectivity index (χ4n) is 2.20. The lowest BCUT2D eigenvalue weighted by molar-refractivity contribution is 0.0448. The van der Waals surface area contributed by atoms with Gasteiger partial charge in [0, 0.05) is 44.3 Å². The molecule has 0 aromatic carbocycles. The third-order valence-electron chi connectivity index (χ3n) is 3.60. The highest BCUT2D eigenvalue weighted by Gasteiger charge is 2.30. The van der Waals surface area contributed by atoms with Gasteiger partial charge in [-0.25, -0.2) is 0 Å². The van der Waals surface area contributed by atoms with Gasteiger partial charge in [0.2, 0.25) is 0 Å². The molecule has 0 atom stereocenters. The van der Waals surface area contributed by atoms with Crippen molar-refractivity contribution >= 4 is 0 Å². The molecule has 3 nitrogen and oxygen atoms in total. The van der Waals surface area contributed by atoms with Gasteiger partial charge in [-0.15, -0.1) is 0 Å². The molecule has 3 heteroatoms. The van der Waals surface area contributed by atoms with Crippen LogP contribution in [0.2, 0.25) is 0 Å². The number of rotatable bonds is 5. The molecule has 0 aromatic heterocycles. The number of piperazine rings is 1. The SMILES string of the molecule is C=C(CNC(C)C)CN1CCN(C)C(C)(C)C1. The zero-order valence-corrected chi connectivity index (χ0v) is 12.2. The average Bonchev–Trinajstić information content (AvgIpc) is 2.20. The number of hydrogen-bond acceptors (Lipinski definition) is 3. The summed E-state index contributed by atoms with van der Waals surface area (Å²) in [6.07, 6.45) is 0. The largest absolute Gasteiger partial charge is 0.311 e. The minimum atomic E-state index is 0.282. The minimum absolute atomic E-state index is 0.282. The van der Waals surface area contributed by atoms with Crippen LogP contribution < -0.4 is 5.32 Å². The molecule has 0 aromatic rings. The van der Waals surface area contributed by atoms with Crippen LogP contribution in [-0.4, -0.2) is 61.2 Å². The smallest absolute Gasteiger partial charge is 0.0277 e. The molecular weight excluding hydrogens is 210 g/mol. The quantitative estimate of drug-likeness (QED) is 0.735. The molecule has 1 aliphatic heterocycles. The zero-order chi connectivity index (χ0) is 13.1. The van der Waals surface area contributed by atoms with Gasteiger partial charge in [-0.1, -0.05) is 20.4 Å². The molecule has 1 saturated heterocycles. The summed E-state index contributed by atoms with van der Waals surface area (Å²) in [4.78, 5) is 4.96. The Morgan fingerprint density at radius 3 is 2.53 bits per heavy atom.